The highest BCUT2D eigenvalue weighted by molar-refractivity contribution is 6.00. The van der Waals surface area contributed by atoms with Gasteiger partial charge >= 0.3 is 0 Å². The van der Waals surface area contributed by atoms with E-state index >= 15 is 0 Å². The molecule has 0 spiro atoms. The number of nitrogens with zero attached hydrogens (tertiary/aromatic N) is 3. The molecule has 138 valence electrons. The number of aliphatic imine (C=N–C) groups is 1. The maximum absolute atomic E-state index is 5.24. The molecule has 1 aliphatic rings. The normalized spacial score (nSPS) is 13.4. The molecule has 5 heteroatoms. The Balaban J connectivity index is 1.46. The number of amidine groups is 1. The molecule has 4 aromatic rings. The topological polar surface area (TPSA) is 50.9 Å². The largest absolute Gasteiger partial charge is 0.497 e. The van der Waals surface area contributed by atoms with Gasteiger partial charge in [0.05, 0.1) is 19.3 Å². The first kappa shape index (κ1) is 16.6. The van der Waals surface area contributed by atoms with E-state index in [9.17, 15) is 0 Å². The predicted molar refractivity (Wildman–Crippen MR) is 112 cm³/mol. The Hall–Kier alpha value is -3.60. The zero-order valence-corrected chi connectivity index (χ0v) is 15.6. The molecule has 1 aliphatic heterocycles. The highest BCUT2D eigenvalue weighted by atomic mass is 16.5. The maximum atomic E-state index is 5.24. The summed E-state index contributed by atoms with van der Waals surface area (Å²) in [5.74, 6) is 1.84. The quantitative estimate of drug-likeness (QED) is 0.592. The third-order valence-corrected chi connectivity index (χ3v) is 5.00. The molecule has 0 saturated carbocycles. The number of rotatable bonds is 4. The molecule has 1 N–H and O–H groups in total. The van der Waals surface area contributed by atoms with Gasteiger partial charge in [0, 0.05) is 30.1 Å². The molecule has 0 amide bonds. The molecule has 28 heavy (non-hydrogen) atoms. The zero-order valence-electron chi connectivity index (χ0n) is 15.6. The van der Waals surface area contributed by atoms with Crippen molar-refractivity contribution in [3.63, 3.8) is 0 Å². The number of hydrogen-bond acceptors (Lipinski definition) is 4. The summed E-state index contributed by atoms with van der Waals surface area (Å²) < 4.78 is 7.32. The van der Waals surface area contributed by atoms with E-state index in [-0.39, 0.29) is 0 Å². The zero-order chi connectivity index (χ0) is 18.9. The van der Waals surface area contributed by atoms with Crippen molar-refractivity contribution in [3.8, 4) is 28.1 Å². The van der Waals surface area contributed by atoms with Gasteiger partial charge in [-0.1, -0.05) is 36.4 Å². The second-order valence-electron chi connectivity index (χ2n) is 6.77. The Labute approximate surface area is 163 Å². The molecule has 0 fully saturated rings. The number of ether oxygens (including phenoxy) is 1. The van der Waals surface area contributed by atoms with Crippen LogP contribution in [0.3, 0.4) is 0 Å². The van der Waals surface area contributed by atoms with Crippen LogP contribution in [-0.4, -0.2) is 35.4 Å². The molecule has 0 aliphatic carbocycles. The minimum absolute atomic E-state index is 0.847. The Kier molecular flexibility index (Phi) is 4.05. The molecule has 0 saturated heterocycles. The summed E-state index contributed by atoms with van der Waals surface area (Å²) in [6, 6.07) is 20.6. The van der Waals surface area contributed by atoms with Crippen molar-refractivity contribution in [3.05, 3.63) is 78.6 Å². The summed E-state index contributed by atoms with van der Waals surface area (Å²) in [5.41, 5.74) is 6.38. The van der Waals surface area contributed by atoms with Crippen LogP contribution in [0.2, 0.25) is 0 Å². The second-order valence-corrected chi connectivity index (χ2v) is 6.77. The van der Waals surface area contributed by atoms with E-state index in [0.717, 1.165) is 58.3 Å². The van der Waals surface area contributed by atoms with E-state index in [1.165, 1.54) is 0 Å². The minimum Gasteiger partial charge on any atom is -0.497 e. The van der Waals surface area contributed by atoms with Crippen LogP contribution in [0.15, 0.2) is 78.0 Å². The number of nitrogens with one attached hydrogen (secondary N) is 1. The van der Waals surface area contributed by atoms with Gasteiger partial charge in [-0.2, -0.15) is 0 Å². The van der Waals surface area contributed by atoms with Gasteiger partial charge in [0.1, 0.15) is 17.2 Å². The van der Waals surface area contributed by atoms with Gasteiger partial charge in [-0.05, 0) is 35.4 Å². The summed E-state index contributed by atoms with van der Waals surface area (Å²) in [6.45, 7) is 1.76. The Morgan fingerprint density at radius 2 is 1.54 bits per heavy atom. The molecule has 0 radical (unpaired) electrons. The maximum Gasteiger partial charge on any atom is 0.137 e. The fourth-order valence-corrected chi connectivity index (χ4v) is 3.48. The van der Waals surface area contributed by atoms with Crippen molar-refractivity contribution in [1.82, 2.24) is 14.7 Å². The molecule has 5 rings (SSSR count). The van der Waals surface area contributed by atoms with Crippen LogP contribution >= 0.6 is 0 Å². The highest BCUT2D eigenvalue weighted by Gasteiger charge is 2.10. The Morgan fingerprint density at radius 3 is 2.25 bits per heavy atom. The lowest BCUT2D eigenvalue weighted by Gasteiger charge is -2.04. The summed E-state index contributed by atoms with van der Waals surface area (Å²) in [5, 5.41) is 3.30. The number of pyridine rings is 1. The first-order chi connectivity index (χ1) is 13.8. The lowest BCUT2D eigenvalue weighted by molar-refractivity contribution is 0.415. The van der Waals surface area contributed by atoms with E-state index in [4.69, 9.17) is 9.72 Å². The summed E-state index contributed by atoms with van der Waals surface area (Å²) in [4.78, 5) is 9.24. The van der Waals surface area contributed by atoms with E-state index in [2.05, 4.69) is 75.6 Å². The lowest BCUT2D eigenvalue weighted by Crippen LogP contribution is -2.19. The average molecular weight is 368 g/mol. The first-order valence-electron chi connectivity index (χ1n) is 9.32. The molecule has 2 aromatic heterocycles. The van der Waals surface area contributed by atoms with Crippen LogP contribution in [0, 0.1) is 0 Å². The standard InChI is InChI=1S/C23H20N4O/c1-28-20-9-6-16(7-10-20)19-8-11-22-26-21(15-27(22)14-19)17-2-4-18(5-3-17)23-24-12-13-25-23/h2-11,14-15H,12-13H2,1H3,(H,24,25). The van der Waals surface area contributed by atoms with Crippen molar-refractivity contribution >= 4 is 11.5 Å². The van der Waals surface area contributed by atoms with Crippen molar-refractivity contribution in [2.24, 2.45) is 4.99 Å². The van der Waals surface area contributed by atoms with Crippen molar-refractivity contribution < 1.29 is 4.74 Å². The Bertz CT molecular complexity index is 1160. The number of aromatic nitrogens is 2. The van der Waals surface area contributed by atoms with Crippen LogP contribution < -0.4 is 10.1 Å². The number of hydrogen-bond donors (Lipinski definition) is 1. The van der Waals surface area contributed by atoms with Crippen LogP contribution in [0.5, 0.6) is 5.75 Å². The monoisotopic (exact) mass is 368 g/mol. The summed E-state index contributed by atoms with van der Waals surface area (Å²) >= 11 is 0. The molecule has 0 atom stereocenters. The number of methoxy groups -OCH3 is 1. The van der Waals surface area contributed by atoms with Gasteiger partial charge in [-0.15, -0.1) is 0 Å². The number of benzene rings is 2. The second kappa shape index (κ2) is 6.85. The van der Waals surface area contributed by atoms with Gasteiger partial charge in [0.25, 0.3) is 0 Å². The van der Waals surface area contributed by atoms with Crippen molar-refractivity contribution in [2.75, 3.05) is 20.2 Å². The molecule has 5 nitrogen and oxygen atoms in total. The number of fused-ring (bicyclic) bond motifs is 1. The van der Waals surface area contributed by atoms with Crippen molar-refractivity contribution in [2.45, 2.75) is 0 Å². The van der Waals surface area contributed by atoms with E-state index in [1.54, 1.807) is 7.11 Å². The predicted octanol–water partition coefficient (Wildman–Crippen LogP) is 4.03. The van der Waals surface area contributed by atoms with Crippen molar-refractivity contribution in [1.29, 1.82) is 0 Å². The van der Waals surface area contributed by atoms with Gasteiger partial charge in [0.15, 0.2) is 0 Å². The molecule has 0 unspecified atom stereocenters. The molecule has 0 bridgehead atoms. The SMILES string of the molecule is COc1ccc(-c2ccc3nc(-c4ccc(C5=NCCN5)cc4)cn3c2)cc1. The molecule has 2 aromatic carbocycles. The smallest absolute Gasteiger partial charge is 0.137 e. The van der Waals surface area contributed by atoms with E-state index in [1.807, 2.05) is 12.1 Å². The lowest BCUT2D eigenvalue weighted by atomic mass is 10.1. The van der Waals surface area contributed by atoms with Crippen LogP contribution in [-0.2, 0) is 0 Å². The highest BCUT2D eigenvalue weighted by Crippen LogP contribution is 2.25. The van der Waals surface area contributed by atoms with Gasteiger partial charge in [-0.25, -0.2) is 4.98 Å². The van der Waals surface area contributed by atoms with Gasteiger partial charge < -0.3 is 14.5 Å². The van der Waals surface area contributed by atoms with E-state index in [0.29, 0.717) is 0 Å². The number of imidazole rings is 1. The fourth-order valence-electron chi connectivity index (χ4n) is 3.48. The fraction of sp³-hybridized carbons (Fsp3) is 0.130. The van der Waals surface area contributed by atoms with Gasteiger partial charge in [-0.3, -0.25) is 4.99 Å². The molecular formula is C23H20N4O. The van der Waals surface area contributed by atoms with Crippen LogP contribution in [0.1, 0.15) is 5.56 Å². The van der Waals surface area contributed by atoms with Gasteiger partial charge in [0.2, 0.25) is 0 Å². The summed E-state index contributed by atoms with van der Waals surface area (Å²) in [7, 11) is 1.68. The molecule has 3 heterocycles. The Morgan fingerprint density at radius 1 is 0.821 bits per heavy atom. The first-order valence-corrected chi connectivity index (χ1v) is 9.32. The minimum atomic E-state index is 0.847. The third-order valence-electron chi connectivity index (χ3n) is 5.00. The van der Waals surface area contributed by atoms with Crippen LogP contribution in [0.4, 0.5) is 0 Å². The third kappa shape index (κ3) is 3.01. The average Bonchev–Trinajstić information content (AvgIpc) is 3.43. The molecular weight excluding hydrogens is 348 g/mol. The van der Waals surface area contributed by atoms with E-state index < -0.39 is 0 Å². The summed E-state index contributed by atoms with van der Waals surface area (Å²) in [6.07, 6.45) is 4.18. The van der Waals surface area contributed by atoms with Crippen LogP contribution in [0.25, 0.3) is 28.0 Å².